The standard InChI is InChI=1S/C20H18ClN3O4S2/c1-3-8-24-18(26)13-6-5-12(21)10-15(13)22-20(24)30-11-16(25)23-17-14(7-9-29-17)19(27)28-4-2/h3,5-7,9-10H,1,4,8,11H2,2H3,(H,23,25). The quantitative estimate of drug-likeness (QED) is 0.233. The molecule has 7 nitrogen and oxygen atoms in total. The average molecular weight is 464 g/mol. The molecule has 2 aromatic heterocycles. The van der Waals surface area contributed by atoms with Gasteiger partial charge in [0.1, 0.15) is 5.00 Å². The van der Waals surface area contributed by atoms with E-state index in [1.165, 1.54) is 15.9 Å². The molecule has 0 unspecified atom stereocenters. The molecule has 2 heterocycles. The van der Waals surface area contributed by atoms with Crippen LogP contribution in [0.2, 0.25) is 5.02 Å². The summed E-state index contributed by atoms with van der Waals surface area (Å²) in [4.78, 5) is 41.7. The van der Waals surface area contributed by atoms with Gasteiger partial charge >= 0.3 is 5.97 Å². The number of esters is 1. The lowest BCUT2D eigenvalue weighted by Crippen LogP contribution is -2.24. The van der Waals surface area contributed by atoms with Crippen molar-refractivity contribution in [1.29, 1.82) is 0 Å². The van der Waals surface area contributed by atoms with Crippen molar-refractivity contribution < 1.29 is 14.3 Å². The molecule has 3 rings (SSSR count). The Bertz CT molecular complexity index is 1170. The van der Waals surface area contributed by atoms with Crippen molar-refractivity contribution in [2.45, 2.75) is 18.6 Å². The predicted octanol–water partition coefficient (Wildman–Crippen LogP) is 4.20. The van der Waals surface area contributed by atoms with E-state index in [1.54, 1.807) is 42.6 Å². The van der Waals surface area contributed by atoms with E-state index in [-0.39, 0.29) is 30.4 Å². The van der Waals surface area contributed by atoms with Crippen molar-refractivity contribution in [3.8, 4) is 0 Å². The molecule has 0 atom stereocenters. The number of hydrogen-bond donors (Lipinski definition) is 1. The fourth-order valence-corrected chi connectivity index (χ4v) is 4.41. The number of ether oxygens (including phenoxy) is 1. The number of carbonyl (C=O) groups excluding carboxylic acids is 2. The number of halogens is 1. The Labute approximate surface area is 185 Å². The SMILES string of the molecule is C=CCn1c(SCC(=O)Nc2sccc2C(=O)OCC)nc2cc(Cl)ccc2c1=O. The summed E-state index contributed by atoms with van der Waals surface area (Å²) in [6.45, 7) is 5.90. The molecule has 3 aromatic rings. The minimum Gasteiger partial charge on any atom is -0.462 e. The van der Waals surface area contributed by atoms with Crippen LogP contribution in [0.1, 0.15) is 17.3 Å². The number of allylic oxidation sites excluding steroid dienone is 1. The smallest absolute Gasteiger partial charge is 0.341 e. The molecule has 1 N–H and O–H groups in total. The number of rotatable bonds is 8. The molecule has 0 aliphatic heterocycles. The number of carbonyl (C=O) groups is 2. The summed E-state index contributed by atoms with van der Waals surface area (Å²) in [5.74, 6) is -0.830. The van der Waals surface area contributed by atoms with Gasteiger partial charge in [-0.15, -0.1) is 17.9 Å². The Morgan fingerprint density at radius 1 is 1.40 bits per heavy atom. The summed E-state index contributed by atoms with van der Waals surface area (Å²) in [5.41, 5.74) is 0.531. The van der Waals surface area contributed by atoms with Crippen LogP contribution in [0, 0.1) is 0 Å². The van der Waals surface area contributed by atoms with E-state index >= 15 is 0 Å². The minimum atomic E-state index is -0.491. The van der Waals surface area contributed by atoms with Crippen LogP contribution in [0.5, 0.6) is 0 Å². The highest BCUT2D eigenvalue weighted by Gasteiger charge is 2.17. The number of fused-ring (bicyclic) bond motifs is 1. The molecule has 0 saturated heterocycles. The molecular weight excluding hydrogens is 446 g/mol. The average Bonchev–Trinajstić information content (AvgIpc) is 3.17. The third-order valence-corrected chi connectivity index (χ3v) is 5.98. The zero-order valence-corrected chi connectivity index (χ0v) is 18.4. The summed E-state index contributed by atoms with van der Waals surface area (Å²) >= 11 is 8.37. The van der Waals surface area contributed by atoms with Crippen LogP contribution >= 0.6 is 34.7 Å². The Balaban J connectivity index is 1.80. The Kier molecular flexibility index (Phi) is 7.30. The van der Waals surface area contributed by atoms with E-state index in [1.807, 2.05) is 0 Å². The van der Waals surface area contributed by atoms with Gasteiger partial charge in [-0.25, -0.2) is 9.78 Å². The first-order chi connectivity index (χ1) is 14.4. The predicted molar refractivity (Wildman–Crippen MR) is 121 cm³/mol. The monoisotopic (exact) mass is 463 g/mol. The van der Waals surface area contributed by atoms with Crippen LogP contribution in [0.25, 0.3) is 10.9 Å². The van der Waals surface area contributed by atoms with Gasteiger partial charge in [0.2, 0.25) is 5.91 Å². The number of nitrogens with one attached hydrogen (secondary N) is 1. The van der Waals surface area contributed by atoms with Gasteiger partial charge in [-0.05, 0) is 36.6 Å². The maximum atomic E-state index is 12.8. The van der Waals surface area contributed by atoms with Gasteiger partial charge in [-0.3, -0.25) is 14.2 Å². The second-order valence-electron chi connectivity index (χ2n) is 5.98. The second kappa shape index (κ2) is 9.92. The number of amides is 1. The van der Waals surface area contributed by atoms with Crippen molar-refractivity contribution >= 4 is 62.5 Å². The largest absolute Gasteiger partial charge is 0.462 e. The molecular formula is C20H18ClN3O4S2. The Morgan fingerprint density at radius 2 is 2.20 bits per heavy atom. The van der Waals surface area contributed by atoms with Gasteiger partial charge < -0.3 is 10.1 Å². The van der Waals surface area contributed by atoms with Crippen molar-refractivity contribution in [3.05, 3.63) is 63.2 Å². The highest BCUT2D eigenvalue weighted by Crippen LogP contribution is 2.25. The Morgan fingerprint density at radius 3 is 2.93 bits per heavy atom. The van der Waals surface area contributed by atoms with Gasteiger partial charge in [0.25, 0.3) is 5.56 Å². The van der Waals surface area contributed by atoms with Crippen LogP contribution in [0.15, 0.2) is 52.3 Å². The fourth-order valence-electron chi connectivity index (χ4n) is 2.64. The zero-order chi connectivity index (χ0) is 21.7. The number of nitrogens with zero attached hydrogens (tertiary/aromatic N) is 2. The van der Waals surface area contributed by atoms with Crippen LogP contribution in [0.3, 0.4) is 0 Å². The first-order valence-electron chi connectivity index (χ1n) is 8.92. The summed E-state index contributed by atoms with van der Waals surface area (Å²) in [6, 6.07) is 6.47. The number of hydrogen-bond acceptors (Lipinski definition) is 7. The molecule has 10 heteroatoms. The van der Waals surface area contributed by atoms with Gasteiger partial charge in [0.15, 0.2) is 5.16 Å². The normalized spacial score (nSPS) is 10.7. The Hall–Kier alpha value is -2.62. The van der Waals surface area contributed by atoms with Gasteiger partial charge in [0.05, 0.1) is 28.8 Å². The van der Waals surface area contributed by atoms with Gasteiger partial charge in [0, 0.05) is 11.6 Å². The highest BCUT2D eigenvalue weighted by molar-refractivity contribution is 7.99. The highest BCUT2D eigenvalue weighted by atomic mass is 35.5. The lowest BCUT2D eigenvalue weighted by atomic mass is 10.2. The topological polar surface area (TPSA) is 90.3 Å². The van der Waals surface area contributed by atoms with Crippen LogP contribution in [-0.4, -0.2) is 33.8 Å². The number of thioether (sulfide) groups is 1. The van der Waals surface area contributed by atoms with E-state index in [9.17, 15) is 14.4 Å². The number of benzene rings is 1. The lowest BCUT2D eigenvalue weighted by Gasteiger charge is -2.11. The van der Waals surface area contributed by atoms with Gasteiger partial charge in [-0.2, -0.15) is 0 Å². The fraction of sp³-hybridized carbons (Fsp3) is 0.200. The molecule has 0 fully saturated rings. The van der Waals surface area contributed by atoms with Crippen molar-refractivity contribution in [3.63, 3.8) is 0 Å². The first-order valence-corrected chi connectivity index (χ1v) is 11.2. The lowest BCUT2D eigenvalue weighted by molar-refractivity contribution is -0.113. The van der Waals surface area contributed by atoms with Gasteiger partial charge in [-0.1, -0.05) is 29.4 Å². The molecule has 0 aliphatic rings. The van der Waals surface area contributed by atoms with Crippen LogP contribution in [-0.2, 0) is 16.1 Å². The minimum absolute atomic E-state index is 0.00415. The second-order valence-corrected chi connectivity index (χ2v) is 8.28. The van der Waals surface area contributed by atoms with E-state index in [4.69, 9.17) is 16.3 Å². The first kappa shape index (κ1) is 22.1. The molecule has 30 heavy (non-hydrogen) atoms. The molecule has 0 aliphatic carbocycles. The van der Waals surface area contributed by atoms with E-state index < -0.39 is 5.97 Å². The summed E-state index contributed by atoms with van der Waals surface area (Å²) in [7, 11) is 0. The molecule has 156 valence electrons. The number of aromatic nitrogens is 2. The summed E-state index contributed by atoms with van der Waals surface area (Å²) in [6.07, 6.45) is 1.59. The van der Waals surface area contributed by atoms with E-state index in [0.717, 1.165) is 11.8 Å². The molecule has 1 aromatic carbocycles. The number of anilines is 1. The molecule has 0 spiro atoms. The third kappa shape index (κ3) is 4.92. The molecule has 0 bridgehead atoms. The van der Waals surface area contributed by atoms with E-state index in [2.05, 4.69) is 16.9 Å². The number of thiophene rings is 1. The summed E-state index contributed by atoms with van der Waals surface area (Å²) in [5, 5.41) is 6.11. The maximum Gasteiger partial charge on any atom is 0.341 e. The van der Waals surface area contributed by atoms with Crippen LogP contribution in [0.4, 0.5) is 5.00 Å². The summed E-state index contributed by atoms with van der Waals surface area (Å²) < 4.78 is 6.44. The van der Waals surface area contributed by atoms with Crippen molar-refractivity contribution in [1.82, 2.24) is 9.55 Å². The molecule has 0 saturated carbocycles. The molecule has 0 radical (unpaired) electrons. The van der Waals surface area contributed by atoms with E-state index in [0.29, 0.717) is 31.6 Å². The maximum absolute atomic E-state index is 12.8. The van der Waals surface area contributed by atoms with Crippen LogP contribution < -0.4 is 10.9 Å². The zero-order valence-electron chi connectivity index (χ0n) is 16.0. The van der Waals surface area contributed by atoms with Crippen molar-refractivity contribution in [2.24, 2.45) is 0 Å². The third-order valence-electron chi connectivity index (χ3n) is 3.94. The van der Waals surface area contributed by atoms with Crippen molar-refractivity contribution in [2.75, 3.05) is 17.7 Å². The molecule has 1 amide bonds.